The monoisotopic (exact) mass is 887 g/mol. The van der Waals surface area contributed by atoms with Gasteiger partial charge in [0.1, 0.15) is 11.4 Å². The first kappa shape index (κ1) is 72.5. The number of carboxylic acid groups (broad SMARTS) is 1. The average molecular weight is 889 g/mol. The molecule has 1 amide bonds. The topological polar surface area (TPSA) is 252 Å². The van der Waals surface area contributed by atoms with Gasteiger partial charge >= 0.3 is 30.0 Å². The number of hydrogen-bond acceptors (Lipinski definition) is 14. The second-order valence-electron chi connectivity index (χ2n) is 10.8. The van der Waals surface area contributed by atoms with Crippen LogP contribution in [0.3, 0.4) is 0 Å². The molecule has 0 rings (SSSR count). The normalized spacial score (nSPS) is 10.7. The zero-order valence-corrected chi connectivity index (χ0v) is 38.2. The van der Waals surface area contributed by atoms with E-state index in [1.54, 1.807) is 62.3 Å². The van der Waals surface area contributed by atoms with Crippen molar-refractivity contribution in [3.05, 3.63) is 12.7 Å². The molecule has 322 valence electrons. The van der Waals surface area contributed by atoms with Gasteiger partial charge in [-0.15, -0.1) is 0 Å². The van der Waals surface area contributed by atoms with Gasteiger partial charge in [0.15, 0.2) is 0 Å². The molecule has 0 spiro atoms. The van der Waals surface area contributed by atoms with Crippen molar-refractivity contribution in [2.75, 3.05) is 33.5 Å². The molecule has 16 nitrogen and oxygen atoms in total. The fraction of sp³-hybridized carbons (Fsp3) is 0.742. The molecule has 0 unspecified atom stereocenters. The Labute approximate surface area is 348 Å². The molecule has 0 aliphatic heterocycles. The van der Waals surface area contributed by atoms with Gasteiger partial charge in [-0.1, -0.05) is 6.58 Å². The largest absolute Gasteiger partial charge is 0.481 e. The van der Waals surface area contributed by atoms with E-state index < -0.39 is 32.9 Å². The Morgan fingerprint density at radius 1 is 0.868 bits per heavy atom. The molecule has 0 aromatic rings. The summed E-state index contributed by atoms with van der Waals surface area (Å²) in [6.07, 6.45) is 1.27. The van der Waals surface area contributed by atoms with E-state index >= 15 is 0 Å². The first-order valence-electron chi connectivity index (χ1n) is 15.4. The molecule has 0 saturated heterocycles. The Morgan fingerprint density at radius 3 is 1.49 bits per heavy atom. The van der Waals surface area contributed by atoms with Crippen LogP contribution >= 0.6 is 61.9 Å². The van der Waals surface area contributed by atoms with E-state index in [9.17, 15) is 28.8 Å². The van der Waals surface area contributed by atoms with Crippen LogP contribution in [0.25, 0.3) is 0 Å². The number of halogens is 2. The highest BCUT2D eigenvalue weighted by Crippen LogP contribution is 2.14. The van der Waals surface area contributed by atoms with Crippen LogP contribution < -0.4 is 11.5 Å². The maximum atomic E-state index is 12.1. The number of ether oxygens (including phenoxy) is 4. The third-order valence-electron chi connectivity index (χ3n) is 4.27. The molecule has 0 aromatic heterocycles. The van der Waals surface area contributed by atoms with Gasteiger partial charge in [0.05, 0.1) is 39.6 Å². The third-order valence-corrected chi connectivity index (χ3v) is 4.27. The van der Waals surface area contributed by atoms with Crippen molar-refractivity contribution in [2.45, 2.75) is 119 Å². The van der Waals surface area contributed by atoms with Crippen LogP contribution in [0.15, 0.2) is 12.7 Å². The minimum Gasteiger partial charge on any atom is -0.481 e. The van der Waals surface area contributed by atoms with Crippen molar-refractivity contribution in [3.63, 3.8) is 0 Å². The Hall–Kier alpha value is -1.78. The third kappa shape index (κ3) is 79.9. The summed E-state index contributed by atoms with van der Waals surface area (Å²) in [6.45, 7) is 21.6. The van der Waals surface area contributed by atoms with Crippen LogP contribution in [0.2, 0.25) is 0 Å². The van der Waals surface area contributed by atoms with Crippen LogP contribution in [0.5, 0.6) is 0 Å². The number of nitrogens with two attached hydrogens (primary N) is 2. The van der Waals surface area contributed by atoms with Crippen molar-refractivity contribution in [3.8, 4) is 0 Å². The van der Waals surface area contributed by atoms with Gasteiger partial charge in [0.2, 0.25) is 9.23 Å². The smallest absolute Gasteiger partial charge is 0.410 e. The highest BCUT2D eigenvalue weighted by atomic mass is 36.0. The van der Waals surface area contributed by atoms with Gasteiger partial charge in [0, 0.05) is 65.1 Å². The molecule has 3 atom stereocenters. The average Bonchev–Trinajstić information content (AvgIpc) is 2.92. The number of carbonyl (C=O) groups is 6. The lowest BCUT2D eigenvalue weighted by Gasteiger charge is -2.31. The SMILES string of the molecule is C=CC(=O)OCC.CCO.CCOC(=O)C[C@H](C)N.COC(=O)CCN(C(=O)OC(C)(C)C)[C@@H](C)CC(C)=O.C[C@H](N)CC(=O)O.O=S(Cl)Cl.S.S.S. The second kappa shape index (κ2) is 48.2. The highest BCUT2D eigenvalue weighted by molar-refractivity contribution is 8.26. The van der Waals surface area contributed by atoms with Crippen LogP contribution in [0.4, 0.5) is 4.79 Å². The van der Waals surface area contributed by atoms with Crippen LogP contribution in [0.1, 0.15) is 94.9 Å². The second-order valence-corrected chi connectivity index (χ2v) is 13.3. The number of aliphatic hydroxyl groups excluding tert-OH is 1. The maximum absolute atomic E-state index is 12.1. The molecule has 0 fully saturated rings. The lowest BCUT2D eigenvalue weighted by atomic mass is 10.1. The zero-order chi connectivity index (χ0) is 41.0. The van der Waals surface area contributed by atoms with E-state index in [1.807, 2.05) is 0 Å². The lowest BCUT2D eigenvalue weighted by Crippen LogP contribution is -2.44. The number of ketones is 1. The van der Waals surface area contributed by atoms with Crippen molar-refractivity contribution < 1.29 is 62.1 Å². The fourth-order valence-electron chi connectivity index (χ4n) is 2.61. The molecule has 0 saturated carbocycles. The predicted octanol–water partition coefficient (Wildman–Crippen LogP) is 4.36. The fourth-order valence-corrected chi connectivity index (χ4v) is 2.61. The zero-order valence-electron chi connectivity index (χ0n) is 32.8. The summed E-state index contributed by atoms with van der Waals surface area (Å²) in [7, 11) is 8.65. The van der Waals surface area contributed by atoms with Gasteiger partial charge in [-0.05, 0) is 69.2 Å². The Kier molecular flexibility index (Phi) is 66.0. The van der Waals surface area contributed by atoms with Crippen LogP contribution in [0, 0.1) is 0 Å². The number of carbonyl (C=O) groups excluding carboxylic acids is 5. The van der Waals surface area contributed by atoms with E-state index in [-0.39, 0.29) is 109 Å². The first-order valence-corrected chi connectivity index (χ1v) is 18.2. The molecule has 0 heterocycles. The number of Topliss-reactive ketones (excluding diaryl/α,β-unsaturated/α-hetero) is 1. The summed E-state index contributed by atoms with van der Waals surface area (Å²) in [4.78, 5) is 66.3. The molecule has 0 bridgehead atoms. The van der Waals surface area contributed by atoms with Crippen molar-refractivity contribution in [1.29, 1.82) is 0 Å². The number of carboxylic acids is 1. The Balaban J connectivity index is -0.0000000704. The summed E-state index contributed by atoms with van der Waals surface area (Å²) >= 11 is 0. The molecule has 22 heteroatoms. The van der Waals surface area contributed by atoms with Gasteiger partial charge in [-0.25, -0.2) is 13.8 Å². The molecular formula is C31H67Cl2N3O13S4. The van der Waals surface area contributed by atoms with Crippen molar-refractivity contribution in [1.82, 2.24) is 4.90 Å². The number of esters is 3. The molecule has 53 heavy (non-hydrogen) atoms. The summed E-state index contributed by atoms with van der Waals surface area (Å²) in [5.74, 6) is -1.84. The molecule has 0 aliphatic carbocycles. The molecule has 0 aromatic carbocycles. The van der Waals surface area contributed by atoms with Gasteiger partial charge in [0.25, 0.3) is 0 Å². The quantitative estimate of drug-likeness (QED) is 0.0868. The van der Waals surface area contributed by atoms with Crippen molar-refractivity contribution >= 4 is 107 Å². The summed E-state index contributed by atoms with van der Waals surface area (Å²) in [5, 5.41) is 15.6. The maximum Gasteiger partial charge on any atom is 0.410 e. The number of aliphatic hydroxyl groups is 1. The van der Waals surface area contributed by atoms with Gasteiger partial charge in [-0.3, -0.25) is 19.2 Å². The minimum absolute atomic E-state index is 0. The van der Waals surface area contributed by atoms with Gasteiger partial charge < -0.3 is 45.5 Å². The van der Waals surface area contributed by atoms with Crippen molar-refractivity contribution in [2.24, 2.45) is 11.5 Å². The molecule has 6 N–H and O–H groups in total. The number of hydrogen-bond donors (Lipinski definition) is 4. The highest BCUT2D eigenvalue weighted by Gasteiger charge is 2.27. The van der Waals surface area contributed by atoms with E-state index in [2.05, 4.69) is 42.2 Å². The summed E-state index contributed by atoms with van der Waals surface area (Å²) in [5.41, 5.74) is 9.81. The summed E-state index contributed by atoms with van der Waals surface area (Å²) < 4.78 is 28.0. The Bertz CT molecular complexity index is 974. The number of aliphatic carboxylic acids is 1. The predicted molar refractivity (Wildman–Crippen MR) is 226 cm³/mol. The first-order chi connectivity index (χ1) is 22.8. The summed E-state index contributed by atoms with van der Waals surface area (Å²) in [6, 6.07) is -0.645. The van der Waals surface area contributed by atoms with E-state index in [4.69, 9.17) is 30.6 Å². The molecular weight excluding hydrogens is 822 g/mol. The lowest BCUT2D eigenvalue weighted by molar-refractivity contribution is -0.143. The van der Waals surface area contributed by atoms with Crippen LogP contribution in [-0.2, 0) is 52.1 Å². The Morgan fingerprint density at radius 2 is 1.26 bits per heavy atom. The van der Waals surface area contributed by atoms with Gasteiger partial charge in [-0.2, -0.15) is 40.5 Å². The van der Waals surface area contributed by atoms with Crippen LogP contribution in [-0.4, -0.2) is 112 Å². The van der Waals surface area contributed by atoms with E-state index in [1.165, 1.54) is 18.9 Å². The number of methoxy groups -OCH3 is 1. The van der Waals surface area contributed by atoms with E-state index in [0.29, 0.717) is 19.6 Å². The number of rotatable bonds is 13. The number of amides is 1. The number of nitrogens with zero attached hydrogens (tertiary/aromatic N) is 1. The minimum atomic E-state index is -1.67. The molecule has 0 aliphatic rings. The standard InChI is InChI=1S/C14H25NO5.C6H13NO2.C5H8O2.C4H9NO2.C2H6O.Cl2OS.3H2S/c1-10(9-11(2)16)15(8-7-12(17)19-6)13(18)20-14(3,4)5;1-3-9-6(8)4-5(2)7;1-3-5(6)7-4-2;1-3(5)2-4(6)7;1-2-3;1-4(2)3;;;/h10H,7-9H2,1-6H3;5H,3-4,7H2,1-2H3;3H,1,4H2,2H3;3H,2,5H2,1H3,(H,6,7);3H,2H2,1H3;;3*1H2/t10-;5-;;3-;;;;;/m00.0...../s1. The molecule has 0 radical (unpaired) electrons. The van der Waals surface area contributed by atoms with E-state index in [0.717, 1.165) is 6.08 Å².